The molecule has 0 aliphatic heterocycles. The molecular formula is C19H25N3O5S2. The van der Waals surface area contributed by atoms with Crippen molar-refractivity contribution in [1.29, 1.82) is 0 Å². The number of rotatable bonds is 9. The molecule has 0 aliphatic rings. The number of amides is 1. The molecule has 8 nitrogen and oxygen atoms in total. The van der Waals surface area contributed by atoms with Crippen molar-refractivity contribution >= 4 is 37.3 Å². The van der Waals surface area contributed by atoms with Gasteiger partial charge in [0.05, 0.1) is 16.3 Å². The van der Waals surface area contributed by atoms with E-state index in [-0.39, 0.29) is 22.8 Å². The first-order valence-corrected chi connectivity index (χ1v) is 12.2. The van der Waals surface area contributed by atoms with Gasteiger partial charge in [0.15, 0.2) is 0 Å². The molecule has 1 amide bonds. The molecule has 0 aliphatic carbocycles. The molecule has 0 saturated heterocycles. The van der Waals surface area contributed by atoms with E-state index < -0.39 is 26.0 Å². The maximum Gasteiger partial charge on any atom is 0.255 e. The number of sulfonamides is 2. The van der Waals surface area contributed by atoms with Crippen molar-refractivity contribution < 1.29 is 21.6 Å². The smallest absolute Gasteiger partial charge is 0.255 e. The summed E-state index contributed by atoms with van der Waals surface area (Å²) >= 11 is 0. The van der Waals surface area contributed by atoms with E-state index in [0.717, 1.165) is 0 Å². The summed E-state index contributed by atoms with van der Waals surface area (Å²) in [6.07, 6.45) is 0.483. The Bertz CT molecular complexity index is 1100. The molecule has 0 atom stereocenters. The molecule has 0 bridgehead atoms. The highest BCUT2D eigenvalue weighted by Gasteiger charge is 2.17. The van der Waals surface area contributed by atoms with Crippen molar-refractivity contribution in [3.8, 4) is 0 Å². The van der Waals surface area contributed by atoms with E-state index in [2.05, 4.69) is 14.8 Å². The molecule has 3 N–H and O–H groups in total. The van der Waals surface area contributed by atoms with E-state index in [1.54, 1.807) is 39.0 Å². The van der Waals surface area contributed by atoms with E-state index in [1.165, 1.54) is 24.3 Å². The minimum absolute atomic E-state index is 0.00388. The van der Waals surface area contributed by atoms with Crippen LogP contribution < -0.4 is 14.8 Å². The average molecular weight is 440 g/mol. The fraction of sp³-hybridized carbons (Fsp3) is 0.316. The molecule has 158 valence electrons. The second-order valence-corrected chi connectivity index (χ2v) is 9.99. The summed E-state index contributed by atoms with van der Waals surface area (Å²) < 4.78 is 53.2. The fourth-order valence-corrected chi connectivity index (χ4v) is 4.92. The van der Waals surface area contributed by atoms with Gasteiger partial charge in [-0.2, -0.15) is 0 Å². The molecule has 0 radical (unpaired) electrons. The zero-order valence-electron chi connectivity index (χ0n) is 16.5. The molecule has 0 saturated carbocycles. The zero-order valence-corrected chi connectivity index (χ0v) is 18.2. The number of nitrogens with one attached hydrogen (secondary N) is 3. The number of carbonyl (C=O) groups is 1. The summed E-state index contributed by atoms with van der Waals surface area (Å²) in [5, 5.41) is 2.71. The maximum absolute atomic E-state index is 12.6. The fourth-order valence-electron chi connectivity index (χ4n) is 2.64. The van der Waals surface area contributed by atoms with Crippen LogP contribution in [-0.4, -0.2) is 35.0 Å². The molecule has 2 rings (SSSR count). The van der Waals surface area contributed by atoms with Gasteiger partial charge in [-0.25, -0.2) is 21.6 Å². The molecule has 0 fully saturated rings. The minimum atomic E-state index is -3.69. The average Bonchev–Trinajstić information content (AvgIpc) is 2.65. The summed E-state index contributed by atoms with van der Waals surface area (Å²) in [6, 6.07) is 10.6. The molecule has 0 heterocycles. The zero-order chi connectivity index (χ0) is 21.7. The van der Waals surface area contributed by atoms with Crippen LogP contribution in [-0.2, 0) is 20.0 Å². The van der Waals surface area contributed by atoms with Crippen LogP contribution in [0.15, 0.2) is 47.4 Å². The highest BCUT2D eigenvalue weighted by atomic mass is 32.2. The summed E-state index contributed by atoms with van der Waals surface area (Å²) in [5.41, 5.74) is 1.52. The second kappa shape index (κ2) is 9.38. The SMILES string of the molecule is CCCS(=O)(=O)Nc1cccc(NC(=O)c2cccc(S(=O)(=O)NCC)c2)c1C. The lowest BCUT2D eigenvalue weighted by Crippen LogP contribution is -2.23. The van der Waals surface area contributed by atoms with E-state index >= 15 is 0 Å². The molecule has 0 aromatic heterocycles. The van der Waals surface area contributed by atoms with Crippen LogP contribution in [0.5, 0.6) is 0 Å². The van der Waals surface area contributed by atoms with Gasteiger partial charge < -0.3 is 5.32 Å². The van der Waals surface area contributed by atoms with Gasteiger partial charge in [-0.3, -0.25) is 9.52 Å². The highest BCUT2D eigenvalue weighted by molar-refractivity contribution is 7.92. The van der Waals surface area contributed by atoms with Crippen LogP contribution in [0.2, 0.25) is 0 Å². The van der Waals surface area contributed by atoms with Gasteiger partial charge in [0.25, 0.3) is 5.91 Å². The van der Waals surface area contributed by atoms with Crippen LogP contribution in [0.3, 0.4) is 0 Å². The van der Waals surface area contributed by atoms with Crippen molar-refractivity contribution in [3.63, 3.8) is 0 Å². The lowest BCUT2D eigenvalue weighted by molar-refractivity contribution is 0.102. The van der Waals surface area contributed by atoms with Gasteiger partial charge in [0.2, 0.25) is 20.0 Å². The van der Waals surface area contributed by atoms with Crippen LogP contribution in [0.25, 0.3) is 0 Å². The van der Waals surface area contributed by atoms with Gasteiger partial charge in [-0.05, 0) is 49.2 Å². The predicted molar refractivity (Wildman–Crippen MR) is 114 cm³/mol. The van der Waals surface area contributed by atoms with Gasteiger partial charge in [0.1, 0.15) is 0 Å². The van der Waals surface area contributed by atoms with E-state index in [9.17, 15) is 21.6 Å². The number of hydrogen-bond acceptors (Lipinski definition) is 5. The quantitative estimate of drug-likeness (QED) is 0.555. The Morgan fingerprint density at radius 3 is 2.28 bits per heavy atom. The molecular weight excluding hydrogens is 414 g/mol. The normalized spacial score (nSPS) is 11.8. The number of benzene rings is 2. The van der Waals surface area contributed by atoms with Gasteiger partial charge in [-0.15, -0.1) is 0 Å². The topological polar surface area (TPSA) is 121 Å². The predicted octanol–water partition coefficient (Wildman–Crippen LogP) is 2.70. The Morgan fingerprint density at radius 2 is 1.62 bits per heavy atom. The number of anilines is 2. The lowest BCUT2D eigenvalue weighted by Gasteiger charge is -2.14. The Kier molecular flexibility index (Phi) is 7.39. The molecule has 2 aromatic rings. The van der Waals surface area contributed by atoms with Crippen molar-refractivity contribution in [3.05, 3.63) is 53.6 Å². The third-order valence-electron chi connectivity index (χ3n) is 4.06. The van der Waals surface area contributed by atoms with E-state index in [4.69, 9.17) is 0 Å². The third kappa shape index (κ3) is 6.02. The van der Waals surface area contributed by atoms with Crippen LogP contribution >= 0.6 is 0 Å². The Balaban J connectivity index is 2.27. The number of hydrogen-bond donors (Lipinski definition) is 3. The molecule has 0 unspecified atom stereocenters. The lowest BCUT2D eigenvalue weighted by atomic mass is 10.1. The Hall–Kier alpha value is -2.43. The van der Waals surface area contributed by atoms with Crippen LogP contribution in [0.4, 0.5) is 11.4 Å². The summed E-state index contributed by atoms with van der Waals surface area (Å²) in [6.45, 7) is 5.36. The van der Waals surface area contributed by atoms with Crippen molar-refractivity contribution in [1.82, 2.24) is 4.72 Å². The molecule has 29 heavy (non-hydrogen) atoms. The maximum atomic E-state index is 12.6. The van der Waals surface area contributed by atoms with Crippen LogP contribution in [0.1, 0.15) is 36.2 Å². The van der Waals surface area contributed by atoms with Crippen LogP contribution in [0, 0.1) is 6.92 Å². The van der Waals surface area contributed by atoms with Crippen molar-refractivity contribution in [2.75, 3.05) is 22.3 Å². The Morgan fingerprint density at radius 1 is 0.966 bits per heavy atom. The second-order valence-electron chi connectivity index (χ2n) is 6.38. The standard InChI is InChI=1S/C19H25N3O5S2/c1-4-12-28(24,25)22-18-11-7-10-17(14(18)3)21-19(23)15-8-6-9-16(13-15)29(26,27)20-5-2/h6-11,13,20,22H,4-5,12H2,1-3H3,(H,21,23). The molecule has 2 aromatic carbocycles. The highest BCUT2D eigenvalue weighted by Crippen LogP contribution is 2.25. The monoisotopic (exact) mass is 439 g/mol. The largest absolute Gasteiger partial charge is 0.322 e. The van der Waals surface area contributed by atoms with Gasteiger partial charge in [0, 0.05) is 17.8 Å². The van der Waals surface area contributed by atoms with Crippen molar-refractivity contribution in [2.24, 2.45) is 0 Å². The first kappa shape index (κ1) is 22.9. The summed E-state index contributed by atoms with van der Waals surface area (Å²) in [5.74, 6) is -0.508. The first-order chi connectivity index (χ1) is 13.6. The third-order valence-corrected chi connectivity index (χ3v) is 7.08. The summed E-state index contributed by atoms with van der Waals surface area (Å²) in [4.78, 5) is 12.6. The minimum Gasteiger partial charge on any atom is -0.322 e. The van der Waals surface area contributed by atoms with Crippen molar-refractivity contribution in [2.45, 2.75) is 32.1 Å². The first-order valence-electron chi connectivity index (χ1n) is 9.10. The molecule has 0 spiro atoms. The number of carbonyl (C=O) groups excluding carboxylic acids is 1. The molecule has 10 heteroatoms. The Labute approximate surface area is 171 Å². The van der Waals surface area contributed by atoms with Gasteiger partial charge >= 0.3 is 0 Å². The van der Waals surface area contributed by atoms with E-state index in [1.807, 2.05) is 0 Å². The van der Waals surface area contributed by atoms with E-state index in [0.29, 0.717) is 23.4 Å². The summed E-state index contributed by atoms with van der Waals surface area (Å²) in [7, 11) is -7.16. The van der Waals surface area contributed by atoms with Gasteiger partial charge in [-0.1, -0.05) is 26.0 Å².